The van der Waals surface area contributed by atoms with Gasteiger partial charge in [0.25, 0.3) is 10.5 Å². The summed E-state index contributed by atoms with van der Waals surface area (Å²) in [5.74, 6) is 1.39. The molecule has 0 spiro atoms. The second-order valence-corrected chi connectivity index (χ2v) is 10.1. The van der Waals surface area contributed by atoms with Crippen molar-refractivity contribution >= 4 is 33.7 Å². The Morgan fingerprint density at radius 2 is 0.767 bits per heavy atom. The van der Waals surface area contributed by atoms with Gasteiger partial charge < -0.3 is 9.47 Å². The summed E-state index contributed by atoms with van der Waals surface area (Å²) >= 11 is 11.0. The molecule has 0 radical (unpaired) electrons. The van der Waals surface area contributed by atoms with E-state index in [1.54, 1.807) is 42.5 Å². The van der Waals surface area contributed by atoms with Crippen molar-refractivity contribution in [2.75, 3.05) is 0 Å². The van der Waals surface area contributed by atoms with E-state index in [-0.39, 0.29) is 16.7 Å². The number of carbonyl (C=O) groups excluding carboxylic acids is 2. The van der Waals surface area contributed by atoms with Crippen molar-refractivity contribution in [3.63, 3.8) is 0 Å². The van der Waals surface area contributed by atoms with Crippen molar-refractivity contribution in [1.82, 2.24) is 0 Å². The third-order valence-electron chi connectivity index (χ3n) is 6.84. The Morgan fingerprint density at radius 1 is 0.465 bits per heavy atom. The van der Waals surface area contributed by atoms with Crippen LogP contribution in [0.4, 0.5) is 13.2 Å². The largest absolute Gasteiger partial charge is 0.457 e. The molecule has 4 nitrogen and oxygen atoms in total. The molecule has 0 aliphatic heterocycles. The molecule has 0 saturated heterocycles. The standard InChI is InChI=1S/C34H21Cl2F3O4/c35-31(40)22-6-14-27(15-7-22)42-29-18-10-25(11-19-29)33(34(37,38)39,24-4-2-1-3-5-24)26-12-20-30(21-13-26)43-28-16-8-23(9-17-28)32(36)41/h1-21H. The zero-order chi connectivity index (χ0) is 30.6. The van der Waals surface area contributed by atoms with Crippen molar-refractivity contribution in [3.8, 4) is 23.0 Å². The van der Waals surface area contributed by atoms with Crippen LogP contribution in [-0.4, -0.2) is 16.7 Å². The van der Waals surface area contributed by atoms with Crippen LogP contribution in [0.5, 0.6) is 23.0 Å². The molecule has 5 rings (SSSR count). The number of benzene rings is 5. The third-order valence-corrected chi connectivity index (χ3v) is 7.28. The first-order valence-electron chi connectivity index (χ1n) is 12.9. The van der Waals surface area contributed by atoms with Gasteiger partial charge in [-0.05, 0) is 113 Å². The molecular weight excluding hydrogens is 600 g/mol. The lowest BCUT2D eigenvalue weighted by Crippen LogP contribution is -2.44. The van der Waals surface area contributed by atoms with Crippen molar-refractivity contribution in [2.24, 2.45) is 0 Å². The minimum atomic E-state index is -4.74. The van der Waals surface area contributed by atoms with Crippen LogP contribution in [0.25, 0.3) is 0 Å². The molecule has 0 bridgehead atoms. The fourth-order valence-electron chi connectivity index (χ4n) is 4.81. The smallest absolute Gasteiger partial charge is 0.406 e. The van der Waals surface area contributed by atoms with Crippen LogP contribution in [0.2, 0.25) is 0 Å². The van der Waals surface area contributed by atoms with Crippen molar-refractivity contribution < 1.29 is 32.2 Å². The first kappa shape index (κ1) is 29.9. The van der Waals surface area contributed by atoms with Crippen LogP contribution in [0.1, 0.15) is 37.4 Å². The molecule has 5 aromatic carbocycles. The van der Waals surface area contributed by atoms with Crippen molar-refractivity contribution in [1.29, 1.82) is 0 Å². The number of ether oxygens (including phenoxy) is 2. The second-order valence-electron chi connectivity index (χ2n) is 9.46. The maximum Gasteiger partial charge on any atom is 0.406 e. The minimum absolute atomic E-state index is 0.0170. The number of carbonyl (C=O) groups is 2. The molecule has 0 aliphatic rings. The van der Waals surface area contributed by atoms with Gasteiger partial charge in [-0.3, -0.25) is 9.59 Å². The van der Waals surface area contributed by atoms with Crippen LogP contribution in [0.3, 0.4) is 0 Å². The molecule has 0 fully saturated rings. The second kappa shape index (κ2) is 12.3. The maximum absolute atomic E-state index is 15.4. The fourth-order valence-corrected chi connectivity index (χ4v) is 5.06. The summed E-state index contributed by atoms with van der Waals surface area (Å²) in [7, 11) is 0. The molecule has 0 N–H and O–H groups in total. The number of hydrogen-bond acceptors (Lipinski definition) is 4. The summed E-state index contributed by atoms with van der Waals surface area (Å²) in [4.78, 5) is 22.6. The van der Waals surface area contributed by atoms with E-state index in [0.29, 0.717) is 34.1 Å². The van der Waals surface area contributed by atoms with Gasteiger partial charge in [0.1, 0.15) is 28.4 Å². The van der Waals surface area contributed by atoms with Crippen molar-refractivity contribution in [3.05, 3.63) is 155 Å². The molecule has 0 aromatic heterocycles. The molecular formula is C34H21Cl2F3O4. The molecule has 5 aromatic rings. The fraction of sp³-hybridized carbons (Fsp3) is 0.0588. The predicted octanol–water partition coefficient (Wildman–Crippen LogP) is 9.93. The van der Waals surface area contributed by atoms with Crippen LogP contribution < -0.4 is 9.47 Å². The first-order valence-corrected chi connectivity index (χ1v) is 13.6. The van der Waals surface area contributed by atoms with Gasteiger partial charge in [-0.25, -0.2) is 0 Å². The predicted molar refractivity (Wildman–Crippen MR) is 159 cm³/mol. The molecule has 0 heterocycles. The zero-order valence-corrected chi connectivity index (χ0v) is 23.7. The van der Waals surface area contributed by atoms with Crippen LogP contribution in [0.15, 0.2) is 127 Å². The van der Waals surface area contributed by atoms with E-state index in [4.69, 9.17) is 32.7 Å². The lowest BCUT2D eigenvalue weighted by atomic mass is 9.69. The van der Waals surface area contributed by atoms with E-state index in [0.717, 1.165) is 0 Å². The molecule has 0 unspecified atom stereocenters. The Balaban J connectivity index is 1.51. The number of halogens is 5. The number of alkyl halides is 3. The van der Waals surface area contributed by atoms with E-state index < -0.39 is 22.1 Å². The summed E-state index contributed by atoms with van der Waals surface area (Å²) in [6, 6.07) is 31.2. The van der Waals surface area contributed by atoms with E-state index in [1.165, 1.54) is 84.9 Å². The van der Waals surface area contributed by atoms with Crippen LogP contribution >= 0.6 is 23.2 Å². The molecule has 9 heteroatoms. The van der Waals surface area contributed by atoms with Gasteiger partial charge in [0.2, 0.25) is 0 Å². The number of rotatable bonds is 9. The third kappa shape index (κ3) is 6.28. The Labute approximate surface area is 255 Å². The highest BCUT2D eigenvalue weighted by Gasteiger charge is 2.58. The van der Waals surface area contributed by atoms with Gasteiger partial charge in [-0.1, -0.05) is 54.6 Å². The molecule has 0 aliphatic carbocycles. The zero-order valence-electron chi connectivity index (χ0n) is 22.1. The van der Waals surface area contributed by atoms with Gasteiger partial charge in [-0.15, -0.1) is 0 Å². The Kier molecular flexibility index (Phi) is 8.57. The lowest BCUT2D eigenvalue weighted by Gasteiger charge is -2.37. The van der Waals surface area contributed by atoms with Gasteiger partial charge in [0, 0.05) is 11.1 Å². The van der Waals surface area contributed by atoms with Gasteiger partial charge in [-0.2, -0.15) is 13.2 Å². The number of hydrogen-bond donors (Lipinski definition) is 0. The average molecular weight is 621 g/mol. The van der Waals surface area contributed by atoms with E-state index >= 15 is 13.2 Å². The molecule has 0 atom stereocenters. The lowest BCUT2D eigenvalue weighted by molar-refractivity contribution is -0.166. The summed E-state index contributed by atoms with van der Waals surface area (Å²) in [6.07, 6.45) is -4.74. The van der Waals surface area contributed by atoms with Gasteiger partial charge in [0.05, 0.1) is 0 Å². The van der Waals surface area contributed by atoms with E-state index in [2.05, 4.69) is 0 Å². The first-order chi connectivity index (χ1) is 20.6. The molecule has 0 saturated carbocycles. The van der Waals surface area contributed by atoms with Crippen LogP contribution in [-0.2, 0) is 5.41 Å². The quantitative estimate of drug-likeness (QED) is 0.121. The average Bonchev–Trinajstić information content (AvgIpc) is 2.99. The Hall–Kier alpha value is -4.59. The summed E-state index contributed by atoms with van der Waals surface area (Å²) < 4.78 is 57.8. The maximum atomic E-state index is 15.4. The highest BCUT2D eigenvalue weighted by Crippen LogP contribution is 2.51. The Morgan fingerprint density at radius 3 is 1.07 bits per heavy atom. The van der Waals surface area contributed by atoms with Crippen molar-refractivity contribution in [2.45, 2.75) is 11.6 Å². The van der Waals surface area contributed by atoms with Gasteiger partial charge >= 0.3 is 6.18 Å². The molecule has 0 amide bonds. The van der Waals surface area contributed by atoms with E-state index in [9.17, 15) is 9.59 Å². The summed E-state index contributed by atoms with van der Waals surface area (Å²) in [6.45, 7) is 0. The minimum Gasteiger partial charge on any atom is -0.457 e. The van der Waals surface area contributed by atoms with E-state index in [1.807, 2.05) is 0 Å². The summed E-state index contributed by atoms with van der Waals surface area (Å²) in [5, 5.41) is -1.22. The highest BCUT2D eigenvalue weighted by atomic mass is 35.5. The van der Waals surface area contributed by atoms with Crippen LogP contribution in [0, 0.1) is 0 Å². The SMILES string of the molecule is O=C(Cl)c1ccc(Oc2ccc(C(c3ccccc3)(c3ccc(Oc4ccc(C(=O)Cl)cc4)cc3)C(F)(F)F)cc2)cc1. The topological polar surface area (TPSA) is 52.6 Å². The Bertz CT molecular complexity index is 1620. The molecule has 216 valence electrons. The van der Waals surface area contributed by atoms with Gasteiger partial charge in [0.15, 0.2) is 0 Å². The monoisotopic (exact) mass is 620 g/mol. The summed E-state index contributed by atoms with van der Waals surface area (Å²) in [5.41, 5.74) is -1.94. The normalized spacial score (nSPS) is 11.6. The highest BCUT2D eigenvalue weighted by molar-refractivity contribution is 6.68. The molecule has 43 heavy (non-hydrogen) atoms.